The van der Waals surface area contributed by atoms with Crippen molar-refractivity contribution in [2.45, 2.75) is 19.6 Å². The summed E-state index contributed by atoms with van der Waals surface area (Å²) in [5, 5.41) is 3.17. The number of carbonyl (C=O) groups excluding carboxylic acids is 1. The molecule has 0 aliphatic heterocycles. The van der Waals surface area contributed by atoms with Crippen LogP contribution in [0, 0.1) is 0 Å². The van der Waals surface area contributed by atoms with Gasteiger partial charge in [-0.05, 0) is 29.7 Å². The number of benzene rings is 2. The molecule has 0 radical (unpaired) electrons. The molecule has 0 aliphatic carbocycles. The molecular formula is C26H23ClN4O3. The molecule has 0 bridgehead atoms. The van der Waals surface area contributed by atoms with E-state index in [9.17, 15) is 9.59 Å². The molecule has 0 aliphatic rings. The number of pyridine rings is 1. The van der Waals surface area contributed by atoms with Crippen LogP contribution < -0.4 is 10.9 Å². The number of rotatable bonds is 9. The van der Waals surface area contributed by atoms with E-state index >= 15 is 0 Å². The van der Waals surface area contributed by atoms with E-state index in [1.807, 2.05) is 72.8 Å². The fourth-order valence-corrected chi connectivity index (χ4v) is 3.76. The van der Waals surface area contributed by atoms with Crippen LogP contribution in [0.1, 0.15) is 11.1 Å². The Hall–Kier alpha value is -3.97. The summed E-state index contributed by atoms with van der Waals surface area (Å²) in [6.45, 7) is 0.286. The number of hydrogen-bond acceptors (Lipinski definition) is 6. The van der Waals surface area contributed by atoms with Crippen molar-refractivity contribution in [1.29, 1.82) is 0 Å². The molecular weight excluding hydrogens is 452 g/mol. The van der Waals surface area contributed by atoms with Crippen molar-refractivity contribution >= 4 is 23.4 Å². The summed E-state index contributed by atoms with van der Waals surface area (Å²) < 4.78 is 6.72. The molecule has 4 rings (SSSR count). The molecule has 0 saturated carbocycles. The van der Waals surface area contributed by atoms with Crippen molar-refractivity contribution in [3.05, 3.63) is 112 Å². The zero-order chi connectivity index (χ0) is 23.8. The minimum atomic E-state index is -0.548. The second-order valence-electron chi connectivity index (χ2n) is 7.54. The average molecular weight is 475 g/mol. The zero-order valence-corrected chi connectivity index (χ0v) is 19.1. The second-order valence-corrected chi connectivity index (χ2v) is 7.89. The first-order valence-corrected chi connectivity index (χ1v) is 11.2. The molecule has 0 fully saturated rings. The van der Waals surface area contributed by atoms with Crippen molar-refractivity contribution in [2.75, 3.05) is 11.9 Å². The molecule has 172 valence electrons. The normalized spacial score (nSPS) is 10.6. The number of hydrogen-bond donors (Lipinski definition) is 1. The lowest BCUT2D eigenvalue weighted by atomic mass is 10.1. The minimum Gasteiger partial charge on any atom is -0.459 e. The van der Waals surface area contributed by atoms with E-state index in [-0.39, 0.29) is 24.1 Å². The number of carbonyl (C=O) groups is 1. The molecule has 34 heavy (non-hydrogen) atoms. The molecule has 2 aromatic carbocycles. The molecule has 7 nitrogen and oxygen atoms in total. The van der Waals surface area contributed by atoms with Crippen molar-refractivity contribution in [2.24, 2.45) is 0 Å². The Kier molecular flexibility index (Phi) is 7.67. The predicted molar refractivity (Wildman–Crippen MR) is 132 cm³/mol. The van der Waals surface area contributed by atoms with Crippen LogP contribution >= 0.6 is 11.6 Å². The molecule has 1 N–H and O–H groups in total. The summed E-state index contributed by atoms with van der Waals surface area (Å²) in [7, 11) is 0. The third-order valence-electron chi connectivity index (χ3n) is 5.16. The highest BCUT2D eigenvalue weighted by molar-refractivity contribution is 6.32. The van der Waals surface area contributed by atoms with Gasteiger partial charge in [0.15, 0.2) is 11.0 Å². The van der Waals surface area contributed by atoms with Gasteiger partial charge < -0.3 is 10.1 Å². The summed E-state index contributed by atoms with van der Waals surface area (Å²) in [6.07, 6.45) is 4.10. The highest BCUT2D eigenvalue weighted by Crippen LogP contribution is 2.26. The SMILES string of the molecule is O=C(Cn1c(-c2ccccc2)c(Cl)nc(NCCc2ccncc2)c1=O)OCc1ccccc1. The Morgan fingerprint density at radius 2 is 1.62 bits per heavy atom. The fourth-order valence-electron chi connectivity index (χ4n) is 3.46. The van der Waals surface area contributed by atoms with Gasteiger partial charge in [-0.3, -0.25) is 19.1 Å². The lowest BCUT2D eigenvalue weighted by Crippen LogP contribution is -2.30. The van der Waals surface area contributed by atoms with Gasteiger partial charge in [0.1, 0.15) is 13.2 Å². The van der Waals surface area contributed by atoms with Crippen LogP contribution in [0.5, 0.6) is 0 Å². The maximum Gasteiger partial charge on any atom is 0.326 e. The summed E-state index contributed by atoms with van der Waals surface area (Å²) >= 11 is 6.52. The van der Waals surface area contributed by atoms with Crippen LogP contribution in [0.4, 0.5) is 5.82 Å². The summed E-state index contributed by atoms with van der Waals surface area (Å²) in [6, 6.07) is 22.3. The van der Waals surface area contributed by atoms with Crippen molar-refractivity contribution in [3.8, 4) is 11.3 Å². The van der Waals surface area contributed by atoms with E-state index in [4.69, 9.17) is 16.3 Å². The molecule has 8 heteroatoms. The van der Waals surface area contributed by atoms with Crippen LogP contribution in [0.2, 0.25) is 5.15 Å². The van der Waals surface area contributed by atoms with E-state index < -0.39 is 11.5 Å². The Labute approximate surface area is 202 Å². The van der Waals surface area contributed by atoms with E-state index in [1.165, 1.54) is 4.57 Å². The highest BCUT2D eigenvalue weighted by Gasteiger charge is 2.19. The van der Waals surface area contributed by atoms with Gasteiger partial charge in [-0.15, -0.1) is 0 Å². The molecule has 2 aromatic heterocycles. The predicted octanol–water partition coefficient (Wildman–Crippen LogP) is 4.36. The Morgan fingerprint density at radius 1 is 0.941 bits per heavy atom. The monoisotopic (exact) mass is 474 g/mol. The number of anilines is 1. The lowest BCUT2D eigenvalue weighted by molar-refractivity contribution is -0.145. The van der Waals surface area contributed by atoms with Crippen LogP contribution in [0.15, 0.2) is 90.0 Å². The minimum absolute atomic E-state index is 0.0783. The summed E-state index contributed by atoms with van der Waals surface area (Å²) in [5.74, 6) is -0.470. The molecule has 0 unspecified atom stereocenters. The highest BCUT2D eigenvalue weighted by atomic mass is 35.5. The average Bonchev–Trinajstić information content (AvgIpc) is 2.87. The smallest absolute Gasteiger partial charge is 0.326 e. The number of ether oxygens (including phenoxy) is 1. The first-order chi connectivity index (χ1) is 16.6. The van der Waals surface area contributed by atoms with Crippen LogP contribution in [0.25, 0.3) is 11.3 Å². The Bertz CT molecular complexity index is 1300. The van der Waals surface area contributed by atoms with Crippen LogP contribution in [-0.4, -0.2) is 27.0 Å². The van der Waals surface area contributed by atoms with Gasteiger partial charge in [0, 0.05) is 24.5 Å². The van der Waals surface area contributed by atoms with E-state index in [0.717, 1.165) is 11.1 Å². The van der Waals surface area contributed by atoms with Gasteiger partial charge in [-0.1, -0.05) is 72.3 Å². The molecule has 2 heterocycles. The first-order valence-electron chi connectivity index (χ1n) is 10.8. The largest absolute Gasteiger partial charge is 0.459 e. The molecule has 0 saturated heterocycles. The maximum atomic E-state index is 13.3. The van der Waals surface area contributed by atoms with Crippen LogP contribution in [0.3, 0.4) is 0 Å². The summed E-state index contributed by atoms with van der Waals surface area (Å²) in [5.41, 5.74) is 2.52. The Balaban J connectivity index is 1.58. The van der Waals surface area contributed by atoms with Gasteiger partial charge in [0.05, 0.1) is 5.69 Å². The first kappa shape index (κ1) is 23.2. The number of nitrogens with zero attached hydrogens (tertiary/aromatic N) is 3. The topological polar surface area (TPSA) is 86.1 Å². The Morgan fingerprint density at radius 3 is 2.32 bits per heavy atom. The molecule has 0 amide bonds. The third-order valence-corrected chi connectivity index (χ3v) is 5.42. The number of halogens is 1. The molecule has 0 atom stereocenters. The zero-order valence-electron chi connectivity index (χ0n) is 18.4. The van der Waals surface area contributed by atoms with E-state index in [0.29, 0.717) is 24.2 Å². The second kappa shape index (κ2) is 11.2. The fraction of sp³-hybridized carbons (Fsp3) is 0.154. The van der Waals surface area contributed by atoms with Gasteiger partial charge in [-0.2, -0.15) is 0 Å². The van der Waals surface area contributed by atoms with Gasteiger partial charge in [0.25, 0.3) is 5.56 Å². The number of aromatic nitrogens is 3. The van der Waals surface area contributed by atoms with Crippen molar-refractivity contribution < 1.29 is 9.53 Å². The van der Waals surface area contributed by atoms with E-state index in [2.05, 4.69) is 15.3 Å². The number of esters is 1. The van der Waals surface area contributed by atoms with Crippen molar-refractivity contribution in [1.82, 2.24) is 14.5 Å². The van der Waals surface area contributed by atoms with Gasteiger partial charge in [-0.25, -0.2) is 4.98 Å². The van der Waals surface area contributed by atoms with E-state index in [1.54, 1.807) is 12.4 Å². The molecule has 4 aromatic rings. The quantitative estimate of drug-likeness (QED) is 0.363. The summed E-state index contributed by atoms with van der Waals surface area (Å²) in [4.78, 5) is 34.3. The van der Waals surface area contributed by atoms with Gasteiger partial charge >= 0.3 is 5.97 Å². The van der Waals surface area contributed by atoms with Gasteiger partial charge in [0.2, 0.25) is 0 Å². The number of nitrogens with one attached hydrogen (secondary N) is 1. The van der Waals surface area contributed by atoms with Crippen molar-refractivity contribution in [3.63, 3.8) is 0 Å². The third kappa shape index (κ3) is 5.88. The maximum absolute atomic E-state index is 13.3. The van der Waals surface area contributed by atoms with Crippen LogP contribution in [-0.2, 0) is 29.1 Å². The molecule has 0 spiro atoms. The lowest BCUT2D eigenvalue weighted by Gasteiger charge is -2.16. The standard InChI is InChI=1S/C26H23ClN4O3/c27-24-23(21-9-5-2-6-10-21)31(17-22(32)34-18-20-7-3-1-4-8-20)26(33)25(30-24)29-16-13-19-11-14-28-15-12-19/h1-12,14-15H,13,16-18H2,(H,29,30).